The Kier molecular flexibility index (Phi) is 6.89. The van der Waals surface area contributed by atoms with E-state index in [1.807, 2.05) is 32.0 Å². The Balaban J connectivity index is 1.94. The number of nitrogens with zero attached hydrogens (tertiary/aromatic N) is 1. The minimum atomic E-state index is -0.105. The third-order valence-electron chi connectivity index (χ3n) is 5.12. The fraction of sp³-hybridized carbons (Fsp3) is 0.650. The lowest BCUT2D eigenvalue weighted by molar-refractivity contribution is -0.123. The van der Waals surface area contributed by atoms with Crippen molar-refractivity contribution in [3.63, 3.8) is 0 Å². The lowest BCUT2D eigenvalue weighted by Gasteiger charge is -2.42. The molecular formula is C20H33N3O3. The molecule has 6 nitrogen and oxygen atoms in total. The zero-order valence-corrected chi connectivity index (χ0v) is 16.7. The number of piperidine rings is 1. The van der Waals surface area contributed by atoms with Crippen molar-refractivity contribution in [1.29, 1.82) is 0 Å². The summed E-state index contributed by atoms with van der Waals surface area (Å²) in [5, 5.41) is 3.08. The summed E-state index contributed by atoms with van der Waals surface area (Å²) in [6.07, 6.45) is 0.923. The molecule has 1 aromatic carbocycles. The molecule has 1 aliphatic heterocycles. The van der Waals surface area contributed by atoms with Crippen LogP contribution in [0.15, 0.2) is 18.2 Å². The van der Waals surface area contributed by atoms with Crippen LogP contribution in [0.4, 0.5) is 0 Å². The van der Waals surface area contributed by atoms with E-state index in [4.69, 9.17) is 15.2 Å². The van der Waals surface area contributed by atoms with E-state index in [2.05, 4.69) is 24.1 Å². The van der Waals surface area contributed by atoms with Gasteiger partial charge in [-0.3, -0.25) is 9.69 Å². The van der Waals surface area contributed by atoms with Crippen LogP contribution in [0.2, 0.25) is 0 Å². The Labute approximate surface area is 157 Å². The fourth-order valence-corrected chi connectivity index (χ4v) is 3.42. The molecule has 2 rings (SSSR count). The first-order chi connectivity index (χ1) is 12.3. The van der Waals surface area contributed by atoms with Gasteiger partial charge >= 0.3 is 0 Å². The Hall–Kier alpha value is -1.79. The van der Waals surface area contributed by atoms with E-state index in [0.717, 1.165) is 25.1 Å². The van der Waals surface area contributed by atoms with Crippen molar-refractivity contribution in [1.82, 2.24) is 10.2 Å². The monoisotopic (exact) mass is 363 g/mol. The molecule has 0 aromatic heterocycles. The van der Waals surface area contributed by atoms with Crippen molar-refractivity contribution >= 4 is 5.91 Å². The predicted molar refractivity (Wildman–Crippen MR) is 104 cm³/mol. The first-order valence-corrected chi connectivity index (χ1v) is 9.35. The van der Waals surface area contributed by atoms with Gasteiger partial charge in [0.15, 0.2) is 11.5 Å². The van der Waals surface area contributed by atoms with Crippen molar-refractivity contribution in [2.45, 2.75) is 46.2 Å². The summed E-state index contributed by atoms with van der Waals surface area (Å²) in [5.41, 5.74) is 7.19. The molecule has 6 heteroatoms. The highest BCUT2D eigenvalue weighted by molar-refractivity contribution is 5.78. The van der Waals surface area contributed by atoms with Crippen LogP contribution >= 0.6 is 0 Å². The van der Waals surface area contributed by atoms with Crippen LogP contribution in [-0.4, -0.2) is 50.2 Å². The van der Waals surface area contributed by atoms with Gasteiger partial charge in [-0.15, -0.1) is 0 Å². The zero-order valence-electron chi connectivity index (χ0n) is 16.7. The van der Waals surface area contributed by atoms with Crippen molar-refractivity contribution in [3.8, 4) is 11.5 Å². The predicted octanol–water partition coefficient (Wildman–Crippen LogP) is 2.33. The Morgan fingerprint density at radius 2 is 2.15 bits per heavy atom. The number of carbonyl (C=O) groups is 1. The first kappa shape index (κ1) is 20.5. The van der Waals surface area contributed by atoms with Gasteiger partial charge in [-0.25, -0.2) is 0 Å². The minimum absolute atomic E-state index is 0.0247. The van der Waals surface area contributed by atoms with Gasteiger partial charge in [0.2, 0.25) is 5.91 Å². The summed E-state index contributed by atoms with van der Waals surface area (Å²) in [6.45, 7) is 10.9. The number of methoxy groups -OCH3 is 1. The number of likely N-dealkylation sites (tertiary alicyclic amines) is 1. The van der Waals surface area contributed by atoms with Crippen LogP contribution in [0.3, 0.4) is 0 Å². The van der Waals surface area contributed by atoms with Crippen LogP contribution in [0.5, 0.6) is 11.5 Å². The molecule has 2 unspecified atom stereocenters. The third kappa shape index (κ3) is 5.11. The smallest absolute Gasteiger partial charge is 0.234 e. The summed E-state index contributed by atoms with van der Waals surface area (Å²) in [6, 6.07) is 5.85. The topological polar surface area (TPSA) is 76.8 Å². The van der Waals surface area contributed by atoms with Gasteiger partial charge in [0.05, 0.1) is 26.3 Å². The van der Waals surface area contributed by atoms with E-state index in [-0.39, 0.29) is 23.4 Å². The van der Waals surface area contributed by atoms with Gasteiger partial charge in [0, 0.05) is 19.1 Å². The Morgan fingerprint density at radius 3 is 2.77 bits per heavy atom. The molecule has 1 saturated heterocycles. The fourth-order valence-electron chi connectivity index (χ4n) is 3.42. The van der Waals surface area contributed by atoms with E-state index in [9.17, 15) is 4.79 Å². The Morgan fingerprint density at radius 1 is 1.42 bits per heavy atom. The van der Waals surface area contributed by atoms with Crippen LogP contribution in [-0.2, 0) is 4.79 Å². The standard InChI is InChI=1S/C20H33N3O3/c1-6-26-16-8-7-15(11-17(16)25-5)14(2)22-19(24)12-23-10-9-18(21)20(3,4)13-23/h7-8,11,14,18H,6,9-10,12-13,21H2,1-5H3,(H,22,24). The maximum absolute atomic E-state index is 12.5. The summed E-state index contributed by atoms with van der Waals surface area (Å²) >= 11 is 0. The number of hydrogen-bond acceptors (Lipinski definition) is 5. The van der Waals surface area contributed by atoms with Gasteiger partial charge in [-0.2, -0.15) is 0 Å². The third-order valence-corrected chi connectivity index (χ3v) is 5.12. The molecule has 1 aromatic rings. The number of nitrogens with one attached hydrogen (secondary N) is 1. The highest BCUT2D eigenvalue weighted by Gasteiger charge is 2.34. The summed E-state index contributed by atoms with van der Waals surface area (Å²) in [7, 11) is 1.62. The van der Waals surface area contributed by atoms with Gasteiger partial charge < -0.3 is 20.5 Å². The Bertz CT molecular complexity index is 618. The average Bonchev–Trinajstić information content (AvgIpc) is 2.58. The molecular weight excluding hydrogens is 330 g/mol. The molecule has 0 radical (unpaired) electrons. The van der Waals surface area contributed by atoms with Gasteiger partial charge in [0.25, 0.3) is 0 Å². The molecule has 1 aliphatic rings. The second-order valence-electron chi connectivity index (χ2n) is 7.73. The average molecular weight is 364 g/mol. The number of hydrogen-bond donors (Lipinski definition) is 2. The molecule has 146 valence electrons. The number of rotatable bonds is 7. The van der Waals surface area contributed by atoms with E-state index in [0.29, 0.717) is 24.7 Å². The molecule has 1 fully saturated rings. The van der Waals surface area contributed by atoms with E-state index < -0.39 is 0 Å². The molecule has 1 heterocycles. The van der Waals surface area contributed by atoms with Gasteiger partial charge in [0.1, 0.15) is 0 Å². The molecule has 0 spiro atoms. The molecule has 2 atom stereocenters. The second-order valence-corrected chi connectivity index (χ2v) is 7.73. The highest BCUT2D eigenvalue weighted by Crippen LogP contribution is 2.30. The van der Waals surface area contributed by atoms with Crippen LogP contribution in [0.1, 0.15) is 45.7 Å². The largest absolute Gasteiger partial charge is 0.493 e. The number of amides is 1. The molecule has 0 bridgehead atoms. The van der Waals surface area contributed by atoms with E-state index in [1.165, 1.54) is 0 Å². The first-order valence-electron chi connectivity index (χ1n) is 9.35. The summed E-state index contributed by atoms with van der Waals surface area (Å²) < 4.78 is 10.9. The molecule has 3 N–H and O–H groups in total. The SMILES string of the molecule is CCOc1ccc(C(C)NC(=O)CN2CCC(N)C(C)(C)C2)cc1OC. The van der Waals surface area contributed by atoms with Crippen molar-refractivity contribution in [2.24, 2.45) is 11.1 Å². The molecule has 0 aliphatic carbocycles. The molecule has 1 amide bonds. The maximum atomic E-state index is 12.5. The minimum Gasteiger partial charge on any atom is -0.493 e. The summed E-state index contributed by atoms with van der Waals surface area (Å²) in [5.74, 6) is 1.41. The lowest BCUT2D eigenvalue weighted by Crippen LogP contribution is -2.54. The maximum Gasteiger partial charge on any atom is 0.234 e. The number of ether oxygens (including phenoxy) is 2. The second kappa shape index (κ2) is 8.73. The van der Waals surface area contributed by atoms with Crippen molar-refractivity contribution < 1.29 is 14.3 Å². The van der Waals surface area contributed by atoms with Crippen molar-refractivity contribution in [2.75, 3.05) is 33.4 Å². The quantitative estimate of drug-likeness (QED) is 0.777. The van der Waals surface area contributed by atoms with Crippen LogP contribution in [0, 0.1) is 5.41 Å². The highest BCUT2D eigenvalue weighted by atomic mass is 16.5. The van der Waals surface area contributed by atoms with E-state index in [1.54, 1.807) is 7.11 Å². The van der Waals surface area contributed by atoms with Gasteiger partial charge in [-0.1, -0.05) is 19.9 Å². The number of carbonyl (C=O) groups excluding carboxylic acids is 1. The van der Waals surface area contributed by atoms with E-state index >= 15 is 0 Å². The van der Waals surface area contributed by atoms with Crippen molar-refractivity contribution in [3.05, 3.63) is 23.8 Å². The molecule has 26 heavy (non-hydrogen) atoms. The van der Waals surface area contributed by atoms with Crippen LogP contribution < -0.4 is 20.5 Å². The lowest BCUT2D eigenvalue weighted by atomic mass is 9.80. The normalized spacial score (nSPS) is 21.1. The molecule has 0 saturated carbocycles. The zero-order chi connectivity index (χ0) is 19.3. The summed E-state index contributed by atoms with van der Waals surface area (Å²) in [4.78, 5) is 14.7. The number of benzene rings is 1. The number of nitrogens with two attached hydrogens (primary N) is 1. The van der Waals surface area contributed by atoms with Crippen LogP contribution in [0.25, 0.3) is 0 Å². The van der Waals surface area contributed by atoms with Gasteiger partial charge in [-0.05, 0) is 43.4 Å².